The summed E-state index contributed by atoms with van der Waals surface area (Å²) in [7, 11) is 3.11. The molecule has 0 fully saturated rings. The maximum atomic E-state index is 13.1. The van der Waals surface area contributed by atoms with Gasteiger partial charge in [-0.3, -0.25) is 4.79 Å². The normalized spacial score (nSPS) is 10.4. The van der Waals surface area contributed by atoms with E-state index in [2.05, 4.69) is 0 Å². The van der Waals surface area contributed by atoms with Crippen LogP contribution >= 0.6 is 11.8 Å². The Hall–Kier alpha value is -1.07. The lowest BCUT2D eigenvalue weighted by atomic mass is 10.1. The number of halogens is 1. The Balaban J connectivity index is 2.52. The van der Waals surface area contributed by atoms with E-state index in [0.29, 0.717) is 23.7 Å². The monoisotopic (exact) mass is 272 g/mol. The van der Waals surface area contributed by atoms with Crippen molar-refractivity contribution < 1.29 is 18.7 Å². The van der Waals surface area contributed by atoms with Crippen LogP contribution in [0.25, 0.3) is 0 Å². The molecule has 3 nitrogen and oxygen atoms in total. The zero-order valence-electron chi connectivity index (χ0n) is 10.6. The van der Waals surface area contributed by atoms with Crippen LogP contribution in [0.15, 0.2) is 18.2 Å². The third-order valence-electron chi connectivity index (χ3n) is 2.33. The van der Waals surface area contributed by atoms with Crippen molar-refractivity contribution in [1.29, 1.82) is 0 Å². The van der Waals surface area contributed by atoms with Gasteiger partial charge in [-0.1, -0.05) is 0 Å². The minimum absolute atomic E-state index is 0.117. The van der Waals surface area contributed by atoms with Crippen LogP contribution < -0.4 is 4.74 Å². The van der Waals surface area contributed by atoms with E-state index in [1.807, 2.05) is 0 Å². The third-order valence-corrected chi connectivity index (χ3v) is 3.38. The zero-order valence-corrected chi connectivity index (χ0v) is 11.4. The summed E-state index contributed by atoms with van der Waals surface area (Å²) in [6, 6.07) is 3.97. The number of carbonyl (C=O) groups excluding carboxylic acids is 1. The Bertz CT molecular complexity index is 396. The molecular formula is C13H17FO3S. The van der Waals surface area contributed by atoms with Crippen molar-refractivity contribution in [3.63, 3.8) is 0 Å². The molecule has 0 saturated carbocycles. The predicted octanol–water partition coefficient (Wildman–Crippen LogP) is 2.79. The van der Waals surface area contributed by atoms with Gasteiger partial charge in [-0.05, 0) is 30.4 Å². The lowest BCUT2D eigenvalue weighted by molar-refractivity contribution is 0.101. The fourth-order valence-electron chi connectivity index (χ4n) is 1.45. The highest BCUT2D eigenvalue weighted by Gasteiger charge is 2.13. The average Bonchev–Trinajstić information content (AvgIpc) is 2.38. The Morgan fingerprint density at radius 2 is 2.17 bits per heavy atom. The number of ketones is 1. The first-order valence-corrected chi connectivity index (χ1v) is 6.78. The number of hydrogen-bond acceptors (Lipinski definition) is 4. The molecule has 0 radical (unpaired) electrons. The Kier molecular flexibility index (Phi) is 6.75. The van der Waals surface area contributed by atoms with Gasteiger partial charge in [0.15, 0.2) is 5.78 Å². The fourth-order valence-corrected chi connectivity index (χ4v) is 2.25. The minimum Gasteiger partial charge on any atom is -0.496 e. The van der Waals surface area contributed by atoms with Crippen LogP contribution in [-0.2, 0) is 4.74 Å². The molecule has 0 saturated heterocycles. The summed E-state index contributed by atoms with van der Waals surface area (Å²) in [5.41, 5.74) is 0.303. The van der Waals surface area contributed by atoms with Gasteiger partial charge in [0.1, 0.15) is 11.6 Å². The van der Waals surface area contributed by atoms with Crippen molar-refractivity contribution in [1.82, 2.24) is 0 Å². The van der Waals surface area contributed by atoms with Crippen molar-refractivity contribution in [2.75, 3.05) is 32.3 Å². The Labute approximate surface area is 111 Å². The molecule has 0 aromatic heterocycles. The number of Topliss-reactive ketones (excluding diaryl/α,β-unsaturated/α-hetero) is 1. The van der Waals surface area contributed by atoms with E-state index in [-0.39, 0.29) is 5.78 Å². The molecule has 1 rings (SSSR count). The molecule has 0 spiro atoms. The van der Waals surface area contributed by atoms with Gasteiger partial charge in [-0.25, -0.2) is 4.39 Å². The summed E-state index contributed by atoms with van der Waals surface area (Å²) in [5.74, 6) is 1.04. The van der Waals surface area contributed by atoms with E-state index in [1.165, 1.54) is 37.1 Å². The van der Waals surface area contributed by atoms with E-state index < -0.39 is 5.82 Å². The lowest BCUT2D eigenvalue weighted by Gasteiger charge is -2.07. The topological polar surface area (TPSA) is 35.5 Å². The molecule has 0 N–H and O–H groups in total. The highest BCUT2D eigenvalue weighted by Crippen LogP contribution is 2.21. The minimum atomic E-state index is -0.427. The van der Waals surface area contributed by atoms with Crippen molar-refractivity contribution in [3.05, 3.63) is 29.6 Å². The maximum Gasteiger partial charge on any atom is 0.176 e. The van der Waals surface area contributed by atoms with Gasteiger partial charge < -0.3 is 9.47 Å². The van der Waals surface area contributed by atoms with Crippen LogP contribution in [0.2, 0.25) is 0 Å². The molecule has 0 aliphatic carbocycles. The molecule has 1 aromatic rings. The van der Waals surface area contributed by atoms with Crippen LogP contribution in [0, 0.1) is 5.82 Å². The number of ether oxygens (including phenoxy) is 2. The van der Waals surface area contributed by atoms with Gasteiger partial charge in [0.05, 0.1) is 18.4 Å². The van der Waals surface area contributed by atoms with Crippen LogP contribution in [-0.4, -0.2) is 38.1 Å². The molecule has 0 amide bonds. The molecule has 0 unspecified atom stereocenters. The van der Waals surface area contributed by atoms with Crippen molar-refractivity contribution >= 4 is 17.5 Å². The highest BCUT2D eigenvalue weighted by atomic mass is 32.2. The first-order chi connectivity index (χ1) is 8.69. The molecule has 0 aliphatic rings. The molecule has 18 heavy (non-hydrogen) atoms. The summed E-state index contributed by atoms with van der Waals surface area (Å²) >= 11 is 1.51. The number of thioether (sulfide) groups is 1. The van der Waals surface area contributed by atoms with Crippen LogP contribution in [0.1, 0.15) is 16.8 Å². The number of methoxy groups -OCH3 is 2. The summed E-state index contributed by atoms with van der Waals surface area (Å²) in [5, 5.41) is 0. The number of carbonyl (C=O) groups is 1. The Morgan fingerprint density at radius 1 is 1.39 bits per heavy atom. The first-order valence-electron chi connectivity index (χ1n) is 5.62. The van der Waals surface area contributed by atoms with Crippen molar-refractivity contribution in [2.24, 2.45) is 0 Å². The summed E-state index contributed by atoms with van der Waals surface area (Å²) in [6.07, 6.45) is 0.898. The number of benzene rings is 1. The standard InChI is InChI=1S/C13H17FO3S/c1-16-6-3-7-18-9-12(15)11-8-10(14)4-5-13(11)17-2/h4-5,8H,3,6-7,9H2,1-2H3. The second-order valence-corrected chi connectivity index (χ2v) is 4.77. The quantitative estimate of drug-likeness (QED) is 0.538. The van der Waals surface area contributed by atoms with E-state index in [4.69, 9.17) is 9.47 Å². The summed E-state index contributed by atoms with van der Waals surface area (Å²) in [4.78, 5) is 11.9. The largest absolute Gasteiger partial charge is 0.496 e. The molecular weight excluding hydrogens is 255 g/mol. The second kappa shape index (κ2) is 8.11. The zero-order chi connectivity index (χ0) is 13.4. The first kappa shape index (κ1) is 15.0. The molecule has 0 heterocycles. The van der Waals surface area contributed by atoms with E-state index in [9.17, 15) is 9.18 Å². The lowest BCUT2D eigenvalue weighted by Crippen LogP contribution is -2.06. The SMILES string of the molecule is COCCCSCC(=O)c1cc(F)ccc1OC. The van der Waals surface area contributed by atoms with Crippen LogP contribution in [0.3, 0.4) is 0 Å². The molecule has 0 bridgehead atoms. The number of rotatable bonds is 8. The van der Waals surface area contributed by atoms with Gasteiger partial charge in [0.25, 0.3) is 0 Å². The smallest absolute Gasteiger partial charge is 0.176 e. The van der Waals surface area contributed by atoms with Gasteiger partial charge in [-0.15, -0.1) is 0 Å². The second-order valence-electron chi connectivity index (χ2n) is 3.67. The van der Waals surface area contributed by atoms with E-state index in [0.717, 1.165) is 12.2 Å². The molecule has 1 aromatic carbocycles. The molecule has 0 aliphatic heterocycles. The molecule has 5 heteroatoms. The molecule has 0 atom stereocenters. The van der Waals surface area contributed by atoms with Crippen molar-refractivity contribution in [2.45, 2.75) is 6.42 Å². The van der Waals surface area contributed by atoms with Crippen LogP contribution in [0.5, 0.6) is 5.75 Å². The van der Waals surface area contributed by atoms with Gasteiger partial charge in [0, 0.05) is 13.7 Å². The molecule has 100 valence electrons. The van der Waals surface area contributed by atoms with Gasteiger partial charge in [0.2, 0.25) is 0 Å². The Morgan fingerprint density at radius 3 is 2.83 bits per heavy atom. The van der Waals surface area contributed by atoms with Gasteiger partial charge >= 0.3 is 0 Å². The van der Waals surface area contributed by atoms with E-state index >= 15 is 0 Å². The maximum absolute atomic E-state index is 13.1. The van der Waals surface area contributed by atoms with Crippen LogP contribution in [0.4, 0.5) is 4.39 Å². The van der Waals surface area contributed by atoms with E-state index in [1.54, 1.807) is 7.11 Å². The predicted molar refractivity (Wildman–Crippen MR) is 71.1 cm³/mol. The summed E-state index contributed by atoms with van der Waals surface area (Å²) in [6.45, 7) is 0.685. The number of hydrogen-bond donors (Lipinski definition) is 0. The average molecular weight is 272 g/mol. The van der Waals surface area contributed by atoms with Gasteiger partial charge in [-0.2, -0.15) is 11.8 Å². The highest BCUT2D eigenvalue weighted by molar-refractivity contribution is 7.99. The van der Waals surface area contributed by atoms with Crippen molar-refractivity contribution in [3.8, 4) is 5.75 Å². The summed E-state index contributed by atoms with van der Waals surface area (Å²) < 4.78 is 23.1. The third kappa shape index (κ3) is 4.66. The fraction of sp³-hybridized carbons (Fsp3) is 0.462.